The average Bonchev–Trinajstić information content (AvgIpc) is 2.41. The minimum absolute atomic E-state index is 0.289. The van der Waals surface area contributed by atoms with Gasteiger partial charge in [-0.05, 0) is 6.42 Å². The Morgan fingerprint density at radius 1 is 1.70 bits per heavy atom. The molecule has 2 fully saturated rings. The van der Waals surface area contributed by atoms with Crippen LogP contribution in [0.4, 0.5) is 0 Å². The molecule has 3 N–H and O–H groups in total. The van der Waals surface area contributed by atoms with Gasteiger partial charge in [0.2, 0.25) is 5.91 Å². The number of hydrogen-bond acceptors (Lipinski definition) is 4. The van der Waals surface area contributed by atoms with E-state index >= 15 is 0 Å². The highest BCUT2D eigenvalue weighted by Gasteiger charge is 2.55. The number of carbonyl (C=O) groups is 1. The number of hydrogen-bond donors (Lipinski definition) is 2. The van der Waals surface area contributed by atoms with Crippen molar-refractivity contribution in [2.24, 2.45) is 5.73 Å². The van der Waals surface area contributed by atoms with Gasteiger partial charge in [0.05, 0.1) is 6.04 Å². The van der Waals surface area contributed by atoms with Gasteiger partial charge in [0.1, 0.15) is 0 Å². The fourth-order valence-electron chi connectivity index (χ4n) is 1.14. The van der Waals surface area contributed by atoms with E-state index in [-0.39, 0.29) is 11.9 Å². The predicted octanol–water partition coefficient (Wildman–Crippen LogP) is -1.16. The third-order valence-corrected chi connectivity index (χ3v) is 1.78. The highest BCUT2D eigenvalue weighted by molar-refractivity contribution is 5.80. The quantitative estimate of drug-likeness (QED) is 0.359. The predicted molar refractivity (Wildman–Crippen MR) is 30.3 cm³/mol. The second-order valence-corrected chi connectivity index (χ2v) is 2.56. The molecule has 2 rings (SSSR count). The molecule has 1 atom stereocenters. The Morgan fingerprint density at radius 2 is 2.40 bits per heavy atom. The minimum Gasteiger partial charge on any atom is -0.368 e. The molecule has 1 spiro atoms. The molecule has 0 aromatic rings. The average molecular weight is 144 g/mol. The van der Waals surface area contributed by atoms with Crippen molar-refractivity contribution in [3.63, 3.8) is 0 Å². The summed E-state index contributed by atoms with van der Waals surface area (Å²) in [7, 11) is 0. The molecule has 5 nitrogen and oxygen atoms in total. The number of amides is 1. The normalized spacial score (nSPS) is 34.6. The van der Waals surface area contributed by atoms with Gasteiger partial charge in [-0.1, -0.05) is 0 Å². The Hall–Kier alpha value is -0.650. The van der Waals surface area contributed by atoms with Crippen molar-refractivity contribution in [3.8, 4) is 0 Å². The topological polar surface area (TPSA) is 80.2 Å². The van der Waals surface area contributed by atoms with Crippen molar-refractivity contribution in [1.29, 1.82) is 0 Å². The molecular weight excluding hydrogens is 136 g/mol. The monoisotopic (exact) mass is 144 g/mol. The van der Waals surface area contributed by atoms with Gasteiger partial charge in [0.15, 0.2) is 0 Å². The number of rotatable bonds is 1. The summed E-state index contributed by atoms with van der Waals surface area (Å²) in [4.78, 5) is 19.8. The minimum atomic E-state index is -0.653. The summed E-state index contributed by atoms with van der Waals surface area (Å²) in [5.74, 6) is -1.00. The fourth-order valence-corrected chi connectivity index (χ4v) is 1.14. The van der Waals surface area contributed by atoms with E-state index in [0.717, 1.165) is 0 Å². The Morgan fingerprint density at radius 3 is 2.70 bits per heavy atom. The smallest absolute Gasteiger partial charge is 0.288 e. The van der Waals surface area contributed by atoms with Gasteiger partial charge in [-0.15, -0.1) is 0 Å². The van der Waals surface area contributed by atoms with Crippen LogP contribution in [0.5, 0.6) is 0 Å². The Bertz CT molecular complexity index is 178. The zero-order valence-corrected chi connectivity index (χ0v) is 5.29. The highest BCUT2D eigenvalue weighted by Crippen LogP contribution is 2.37. The van der Waals surface area contributed by atoms with Crippen LogP contribution < -0.4 is 11.1 Å². The molecule has 0 saturated carbocycles. The maximum atomic E-state index is 10.6. The molecule has 56 valence electrons. The maximum Gasteiger partial charge on any atom is 0.288 e. The van der Waals surface area contributed by atoms with Gasteiger partial charge in [0.25, 0.3) is 5.91 Å². The van der Waals surface area contributed by atoms with Crippen molar-refractivity contribution in [2.45, 2.75) is 24.8 Å². The summed E-state index contributed by atoms with van der Waals surface area (Å²) in [5.41, 5.74) is 5.03. The standard InChI is InChI=1S/C5H8N2O3/c6-4(8)3-1-2-5(7-3)9-10-5/h3,7H,1-2H2,(H2,6,8). The summed E-state index contributed by atoms with van der Waals surface area (Å²) in [6, 6.07) is -0.289. The lowest BCUT2D eigenvalue weighted by Gasteiger charge is -2.02. The Labute approximate surface area is 57.4 Å². The zero-order valence-electron chi connectivity index (χ0n) is 5.29. The highest BCUT2D eigenvalue weighted by atomic mass is 17.4. The Balaban J connectivity index is 1.99. The van der Waals surface area contributed by atoms with Crippen molar-refractivity contribution in [1.82, 2.24) is 5.32 Å². The molecule has 5 heteroatoms. The summed E-state index contributed by atoms with van der Waals surface area (Å²) in [5, 5.41) is 2.82. The van der Waals surface area contributed by atoms with Gasteiger partial charge in [-0.25, -0.2) is 0 Å². The van der Waals surface area contributed by atoms with Crippen LogP contribution in [0.15, 0.2) is 0 Å². The van der Waals surface area contributed by atoms with Crippen LogP contribution in [-0.2, 0) is 14.6 Å². The van der Waals surface area contributed by atoms with E-state index in [0.29, 0.717) is 12.8 Å². The van der Waals surface area contributed by atoms with Crippen molar-refractivity contribution in [2.75, 3.05) is 0 Å². The summed E-state index contributed by atoms with van der Waals surface area (Å²) in [6.07, 6.45) is 1.38. The molecule has 10 heavy (non-hydrogen) atoms. The van der Waals surface area contributed by atoms with Crippen LogP contribution >= 0.6 is 0 Å². The van der Waals surface area contributed by atoms with E-state index in [2.05, 4.69) is 15.1 Å². The molecule has 2 aliphatic heterocycles. The molecule has 2 heterocycles. The molecule has 2 aliphatic rings. The molecule has 0 bridgehead atoms. The van der Waals surface area contributed by atoms with E-state index < -0.39 is 5.91 Å². The van der Waals surface area contributed by atoms with Crippen LogP contribution in [-0.4, -0.2) is 17.9 Å². The molecule has 1 amide bonds. The van der Waals surface area contributed by atoms with Gasteiger partial charge >= 0.3 is 0 Å². The van der Waals surface area contributed by atoms with Crippen molar-refractivity contribution in [3.05, 3.63) is 0 Å². The first-order valence-electron chi connectivity index (χ1n) is 3.16. The first-order valence-corrected chi connectivity index (χ1v) is 3.16. The molecule has 0 aliphatic carbocycles. The number of nitrogens with one attached hydrogen (secondary N) is 1. The lowest BCUT2D eigenvalue weighted by Crippen LogP contribution is -2.40. The second kappa shape index (κ2) is 1.69. The van der Waals surface area contributed by atoms with Crippen LogP contribution in [0.25, 0.3) is 0 Å². The lowest BCUT2D eigenvalue weighted by molar-refractivity contribution is -0.119. The van der Waals surface area contributed by atoms with E-state index in [9.17, 15) is 4.79 Å². The van der Waals surface area contributed by atoms with Gasteiger partial charge in [-0.2, -0.15) is 9.78 Å². The molecule has 2 saturated heterocycles. The molecule has 0 aromatic carbocycles. The van der Waals surface area contributed by atoms with Gasteiger partial charge < -0.3 is 5.73 Å². The third kappa shape index (κ3) is 0.792. The SMILES string of the molecule is NC(=O)C1CCC2(N1)OO2. The Kier molecular flexibility index (Phi) is 1.03. The summed E-state index contributed by atoms with van der Waals surface area (Å²) < 4.78 is 0. The summed E-state index contributed by atoms with van der Waals surface area (Å²) in [6.45, 7) is 0. The van der Waals surface area contributed by atoms with Crippen LogP contribution in [0, 0.1) is 0 Å². The number of nitrogens with two attached hydrogens (primary N) is 1. The van der Waals surface area contributed by atoms with E-state index in [1.807, 2.05) is 0 Å². The van der Waals surface area contributed by atoms with Crippen molar-refractivity contribution >= 4 is 5.91 Å². The fraction of sp³-hybridized carbons (Fsp3) is 0.800. The maximum absolute atomic E-state index is 10.6. The van der Waals surface area contributed by atoms with Crippen LogP contribution in [0.3, 0.4) is 0 Å². The molecular formula is C5H8N2O3. The zero-order chi connectivity index (χ0) is 7.19. The molecule has 1 unspecified atom stereocenters. The largest absolute Gasteiger partial charge is 0.368 e. The molecule has 0 radical (unpaired) electrons. The van der Waals surface area contributed by atoms with Crippen LogP contribution in [0.2, 0.25) is 0 Å². The van der Waals surface area contributed by atoms with Gasteiger partial charge in [-0.3, -0.25) is 10.1 Å². The van der Waals surface area contributed by atoms with E-state index in [1.54, 1.807) is 0 Å². The molecule has 0 aromatic heterocycles. The van der Waals surface area contributed by atoms with E-state index in [4.69, 9.17) is 5.73 Å². The number of primary amides is 1. The lowest BCUT2D eigenvalue weighted by atomic mass is 10.2. The van der Waals surface area contributed by atoms with Gasteiger partial charge in [0, 0.05) is 6.42 Å². The van der Waals surface area contributed by atoms with Crippen LogP contribution in [0.1, 0.15) is 12.8 Å². The summed E-state index contributed by atoms with van der Waals surface area (Å²) >= 11 is 0. The van der Waals surface area contributed by atoms with E-state index in [1.165, 1.54) is 0 Å². The first kappa shape index (κ1) is 6.09. The third-order valence-electron chi connectivity index (χ3n) is 1.78. The van der Waals surface area contributed by atoms with Crippen molar-refractivity contribution < 1.29 is 14.6 Å². The second-order valence-electron chi connectivity index (χ2n) is 2.56. The number of carbonyl (C=O) groups excluding carboxylic acids is 1. The first-order chi connectivity index (χ1) is 4.72.